The summed E-state index contributed by atoms with van der Waals surface area (Å²) >= 11 is 2.86. The molecule has 0 spiro atoms. The molecule has 7 heteroatoms. The van der Waals surface area contributed by atoms with Crippen LogP contribution in [0.3, 0.4) is 0 Å². The molecule has 140 valence electrons. The smallest absolute Gasteiger partial charge is 0.266 e. The van der Waals surface area contributed by atoms with Gasteiger partial charge in [0.15, 0.2) is 0 Å². The monoisotopic (exact) mass is 406 g/mol. The van der Waals surface area contributed by atoms with Crippen LogP contribution < -0.4 is 5.32 Å². The van der Waals surface area contributed by atoms with Gasteiger partial charge in [0.1, 0.15) is 15.9 Å². The van der Waals surface area contributed by atoms with E-state index in [1.54, 1.807) is 0 Å². The summed E-state index contributed by atoms with van der Waals surface area (Å²) in [5.41, 5.74) is 3.54. The van der Waals surface area contributed by atoms with E-state index in [0.29, 0.717) is 22.0 Å². The number of amides is 1. The van der Waals surface area contributed by atoms with Crippen molar-refractivity contribution in [3.8, 4) is 6.07 Å². The zero-order chi connectivity index (χ0) is 19.8. The molecular formula is C21H18N4OS2. The first-order chi connectivity index (χ1) is 13.5. The molecule has 0 saturated heterocycles. The highest BCUT2D eigenvalue weighted by Crippen LogP contribution is 2.34. The van der Waals surface area contributed by atoms with Gasteiger partial charge < -0.3 is 5.32 Å². The summed E-state index contributed by atoms with van der Waals surface area (Å²) < 4.78 is 1.95. The molecule has 0 saturated carbocycles. The lowest BCUT2D eigenvalue weighted by Crippen LogP contribution is -2.10. The summed E-state index contributed by atoms with van der Waals surface area (Å²) in [6.45, 7) is 6.48. The number of anilines is 1. The second-order valence-corrected chi connectivity index (χ2v) is 8.87. The Morgan fingerprint density at radius 1 is 1.21 bits per heavy atom. The molecule has 0 aliphatic carbocycles. The van der Waals surface area contributed by atoms with Gasteiger partial charge >= 0.3 is 0 Å². The predicted octanol–water partition coefficient (Wildman–Crippen LogP) is 5.26. The summed E-state index contributed by atoms with van der Waals surface area (Å²) in [6.07, 6.45) is 0. The molecule has 0 aliphatic rings. The average molecular weight is 407 g/mol. The molecule has 3 heterocycles. The number of fused-ring (bicyclic) bond motifs is 1. The number of nitrogens with one attached hydrogen (secondary N) is 1. The van der Waals surface area contributed by atoms with Gasteiger partial charge in [0.2, 0.25) is 0 Å². The lowest BCUT2D eigenvalue weighted by atomic mass is 10.2. The summed E-state index contributed by atoms with van der Waals surface area (Å²) in [6, 6.07) is 14.2. The molecule has 1 amide bonds. The standard InChI is InChI=1S/C21H18N4OS2/c1-12-14(3)27-20(17(12)10-22)23-19(26)18-9-16-13(2)24-25(21(16)28-18)11-15-7-5-4-6-8-15/h4-9H,11H2,1-3H3,(H,23,26). The van der Waals surface area contributed by atoms with Crippen molar-refractivity contribution in [2.45, 2.75) is 27.3 Å². The summed E-state index contributed by atoms with van der Waals surface area (Å²) in [7, 11) is 0. The fourth-order valence-electron chi connectivity index (χ4n) is 3.10. The third-order valence-corrected chi connectivity index (χ3v) is 7.00. The number of thiophene rings is 2. The number of hydrogen-bond acceptors (Lipinski definition) is 5. The molecule has 28 heavy (non-hydrogen) atoms. The number of aromatic nitrogens is 2. The Hall–Kier alpha value is -2.95. The minimum Gasteiger partial charge on any atom is -0.312 e. The van der Waals surface area contributed by atoms with Crippen molar-refractivity contribution in [3.05, 3.63) is 68.5 Å². The molecular weight excluding hydrogens is 388 g/mol. The topological polar surface area (TPSA) is 70.7 Å². The maximum Gasteiger partial charge on any atom is 0.266 e. The Morgan fingerprint density at radius 2 is 1.96 bits per heavy atom. The second-order valence-electron chi connectivity index (χ2n) is 6.61. The van der Waals surface area contributed by atoms with Crippen molar-refractivity contribution >= 4 is 43.8 Å². The van der Waals surface area contributed by atoms with Crippen LogP contribution in [0.15, 0.2) is 36.4 Å². The normalized spacial score (nSPS) is 10.9. The van der Waals surface area contributed by atoms with Crippen molar-refractivity contribution in [2.24, 2.45) is 0 Å². The van der Waals surface area contributed by atoms with Crippen LogP contribution in [0.25, 0.3) is 10.2 Å². The average Bonchev–Trinajstić information content (AvgIpc) is 3.32. The van der Waals surface area contributed by atoms with E-state index in [1.807, 2.05) is 49.7 Å². The highest BCUT2D eigenvalue weighted by molar-refractivity contribution is 7.21. The molecule has 3 aromatic heterocycles. The summed E-state index contributed by atoms with van der Waals surface area (Å²) in [5, 5.41) is 18.5. The number of nitrogens with zero attached hydrogens (tertiary/aromatic N) is 3. The predicted molar refractivity (Wildman–Crippen MR) is 114 cm³/mol. The first kappa shape index (κ1) is 18.4. The second kappa shape index (κ2) is 7.23. The Bertz CT molecular complexity index is 1230. The van der Waals surface area contributed by atoms with Crippen molar-refractivity contribution < 1.29 is 4.79 Å². The number of nitriles is 1. The van der Waals surface area contributed by atoms with E-state index in [9.17, 15) is 10.1 Å². The highest BCUT2D eigenvalue weighted by atomic mass is 32.1. The van der Waals surface area contributed by atoms with Crippen molar-refractivity contribution in [2.75, 3.05) is 5.32 Å². The zero-order valence-corrected chi connectivity index (χ0v) is 17.4. The van der Waals surface area contributed by atoms with Crippen LogP contribution in [0.1, 0.15) is 36.9 Å². The van der Waals surface area contributed by atoms with Crippen LogP contribution in [0.2, 0.25) is 0 Å². The maximum atomic E-state index is 12.8. The summed E-state index contributed by atoms with van der Waals surface area (Å²) in [4.78, 5) is 15.5. The Kier molecular flexibility index (Phi) is 4.75. The van der Waals surface area contributed by atoms with Crippen molar-refractivity contribution in [3.63, 3.8) is 0 Å². The van der Waals surface area contributed by atoms with Gasteiger partial charge in [-0.2, -0.15) is 10.4 Å². The molecule has 1 N–H and O–H groups in total. The van der Waals surface area contributed by atoms with E-state index >= 15 is 0 Å². The number of carbonyl (C=O) groups excluding carboxylic acids is 1. The number of carbonyl (C=O) groups is 1. The number of aryl methyl sites for hydroxylation is 2. The molecule has 4 aromatic rings. The van der Waals surface area contributed by atoms with Gasteiger partial charge in [-0.25, -0.2) is 0 Å². The maximum absolute atomic E-state index is 12.8. The van der Waals surface area contributed by atoms with Crippen LogP contribution in [-0.4, -0.2) is 15.7 Å². The molecule has 4 rings (SSSR count). The van der Waals surface area contributed by atoms with Crippen LogP contribution >= 0.6 is 22.7 Å². The Balaban J connectivity index is 1.65. The van der Waals surface area contributed by atoms with Gasteiger partial charge in [-0.3, -0.25) is 9.48 Å². The molecule has 0 radical (unpaired) electrons. The van der Waals surface area contributed by atoms with E-state index in [2.05, 4.69) is 28.6 Å². The minimum absolute atomic E-state index is 0.190. The zero-order valence-electron chi connectivity index (χ0n) is 15.7. The van der Waals surface area contributed by atoms with Gasteiger partial charge in [0.25, 0.3) is 5.91 Å². The van der Waals surface area contributed by atoms with E-state index in [-0.39, 0.29) is 5.91 Å². The van der Waals surface area contributed by atoms with Gasteiger partial charge in [0, 0.05) is 10.3 Å². The van der Waals surface area contributed by atoms with Gasteiger partial charge in [-0.1, -0.05) is 30.3 Å². The first-order valence-corrected chi connectivity index (χ1v) is 10.4. The molecule has 0 bridgehead atoms. The van der Waals surface area contributed by atoms with Gasteiger partial charge in [-0.15, -0.1) is 22.7 Å². The molecule has 0 unspecified atom stereocenters. The van der Waals surface area contributed by atoms with Crippen LogP contribution in [0, 0.1) is 32.1 Å². The fraction of sp³-hybridized carbons (Fsp3) is 0.190. The summed E-state index contributed by atoms with van der Waals surface area (Å²) in [5.74, 6) is -0.190. The lowest BCUT2D eigenvalue weighted by molar-refractivity contribution is 0.103. The van der Waals surface area contributed by atoms with Crippen LogP contribution in [0.4, 0.5) is 5.00 Å². The quantitative estimate of drug-likeness (QED) is 0.503. The molecule has 0 atom stereocenters. The Morgan fingerprint density at radius 3 is 2.68 bits per heavy atom. The van der Waals surface area contributed by atoms with Crippen LogP contribution in [-0.2, 0) is 6.54 Å². The van der Waals surface area contributed by atoms with E-state index in [1.165, 1.54) is 22.7 Å². The lowest BCUT2D eigenvalue weighted by Gasteiger charge is -2.03. The Labute approximate surface area is 170 Å². The molecule has 5 nitrogen and oxygen atoms in total. The van der Waals surface area contributed by atoms with E-state index in [0.717, 1.165) is 31.9 Å². The minimum atomic E-state index is -0.190. The van der Waals surface area contributed by atoms with Crippen LogP contribution in [0.5, 0.6) is 0 Å². The number of benzene rings is 1. The van der Waals surface area contributed by atoms with Crippen molar-refractivity contribution in [1.29, 1.82) is 5.26 Å². The number of rotatable bonds is 4. The van der Waals surface area contributed by atoms with E-state index < -0.39 is 0 Å². The number of hydrogen-bond donors (Lipinski definition) is 1. The third kappa shape index (κ3) is 3.21. The third-order valence-electron chi connectivity index (χ3n) is 4.73. The fourth-order valence-corrected chi connectivity index (χ4v) is 5.16. The largest absolute Gasteiger partial charge is 0.312 e. The SMILES string of the molecule is Cc1sc(NC(=O)c2cc3c(C)nn(Cc4ccccc4)c3s2)c(C#N)c1C. The van der Waals surface area contributed by atoms with Gasteiger partial charge in [-0.05, 0) is 38.0 Å². The van der Waals surface area contributed by atoms with Gasteiger partial charge in [0.05, 0.1) is 22.7 Å². The van der Waals surface area contributed by atoms with Crippen molar-refractivity contribution in [1.82, 2.24) is 9.78 Å². The first-order valence-electron chi connectivity index (χ1n) is 8.80. The highest BCUT2D eigenvalue weighted by Gasteiger charge is 2.19. The van der Waals surface area contributed by atoms with E-state index in [4.69, 9.17) is 0 Å². The molecule has 1 aromatic carbocycles. The molecule has 0 fully saturated rings. The molecule has 0 aliphatic heterocycles.